The van der Waals surface area contributed by atoms with E-state index in [-0.39, 0.29) is 36.8 Å². The van der Waals surface area contributed by atoms with Crippen LogP contribution >= 0.6 is 11.6 Å². The van der Waals surface area contributed by atoms with Crippen LogP contribution in [0.25, 0.3) is 0 Å². The number of aliphatic hydroxyl groups is 1. The van der Waals surface area contributed by atoms with E-state index in [0.29, 0.717) is 36.6 Å². The Morgan fingerprint density at radius 3 is 2.40 bits per heavy atom. The largest absolute Gasteiger partial charge is 0.394 e. The number of benzene rings is 1. The van der Waals surface area contributed by atoms with Crippen molar-refractivity contribution in [2.75, 3.05) is 31.1 Å². The average molecular weight is 572 g/mol. The van der Waals surface area contributed by atoms with Crippen LogP contribution in [-0.2, 0) is 19.1 Å². The third kappa shape index (κ3) is 4.58. The topological polar surface area (TPSA) is 90.4 Å². The molecule has 3 aliphatic heterocycles. The van der Waals surface area contributed by atoms with Gasteiger partial charge in [-0.2, -0.15) is 0 Å². The second kappa shape index (κ2) is 11.7. The number of halogens is 1. The first kappa shape index (κ1) is 30.3. The van der Waals surface area contributed by atoms with Gasteiger partial charge in [-0.3, -0.25) is 14.4 Å². The summed E-state index contributed by atoms with van der Waals surface area (Å²) in [5.41, 5.74) is -1.51. The van der Waals surface area contributed by atoms with Crippen LogP contribution in [0.15, 0.2) is 49.6 Å². The lowest BCUT2D eigenvalue weighted by Crippen LogP contribution is -2.59. The predicted octanol–water partition coefficient (Wildman–Crippen LogP) is 4.07. The Bertz CT molecular complexity index is 1150. The molecular formula is C31H42ClN3O5. The highest BCUT2D eigenvalue weighted by Gasteiger charge is 2.80. The van der Waals surface area contributed by atoms with Gasteiger partial charge in [0, 0.05) is 30.3 Å². The van der Waals surface area contributed by atoms with Crippen molar-refractivity contribution in [3.05, 3.63) is 54.6 Å². The highest BCUT2D eigenvalue weighted by Crippen LogP contribution is 2.66. The molecule has 1 N–H and O–H groups in total. The minimum Gasteiger partial charge on any atom is -0.394 e. The van der Waals surface area contributed by atoms with Crippen LogP contribution < -0.4 is 4.90 Å². The fourth-order valence-electron chi connectivity index (χ4n) is 7.27. The Balaban J connectivity index is 1.87. The minimum atomic E-state index is -1.21. The molecule has 3 amide bonds. The molecule has 1 aromatic carbocycles. The van der Waals surface area contributed by atoms with E-state index in [9.17, 15) is 19.5 Å². The molecule has 3 unspecified atom stereocenters. The second-order valence-electron chi connectivity index (χ2n) is 11.5. The van der Waals surface area contributed by atoms with Gasteiger partial charge in [0.2, 0.25) is 11.8 Å². The van der Waals surface area contributed by atoms with Crippen LogP contribution in [0.3, 0.4) is 0 Å². The summed E-state index contributed by atoms with van der Waals surface area (Å²) in [5.74, 6) is -2.46. The number of amides is 3. The van der Waals surface area contributed by atoms with E-state index in [1.54, 1.807) is 46.2 Å². The van der Waals surface area contributed by atoms with Gasteiger partial charge >= 0.3 is 0 Å². The van der Waals surface area contributed by atoms with Gasteiger partial charge in [0.1, 0.15) is 11.6 Å². The molecule has 40 heavy (non-hydrogen) atoms. The lowest BCUT2D eigenvalue weighted by atomic mass is 9.62. The number of carbonyl (C=O) groups excluding carboxylic acids is 3. The molecule has 3 saturated heterocycles. The zero-order valence-corrected chi connectivity index (χ0v) is 24.8. The number of ether oxygens (including phenoxy) is 1. The molecule has 4 rings (SSSR count). The first-order chi connectivity index (χ1) is 19.1. The zero-order chi connectivity index (χ0) is 29.4. The van der Waals surface area contributed by atoms with Crippen molar-refractivity contribution in [2.45, 2.75) is 70.2 Å². The van der Waals surface area contributed by atoms with Gasteiger partial charge in [-0.05, 0) is 56.4 Å². The number of rotatable bonds is 12. The molecule has 0 radical (unpaired) electrons. The van der Waals surface area contributed by atoms with E-state index in [1.807, 2.05) is 27.7 Å². The molecule has 8 nitrogen and oxygen atoms in total. The van der Waals surface area contributed by atoms with Crippen molar-refractivity contribution in [3.8, 4) is 0 Å². The van der Waals surface area contributed by atoms with Crippen molar-refractivity contribution in [2.24, 2.45) is 17.8 Å². The van der Waals surface area contributed by atoms with Crippen molar-refractivity contribution in [1.82, 2.24) is 9.80 Å². The molecule has 1 spiro atoms. The predicted molar refractivity (Wildman–Crippen MR) is 156 cm³/mol. The van der Waals surface area contributed by atoms with Gasteiger partial charge in [-0.25, -0.2) is 0 Å². The van der Waals surface area contributed by atoms with E-state index < -0.39 is 35.1 Å². The number of likely N-dealkylation sites (tertiary alicyclic amines) is 1. The van der Waals surface area contributed by atoms with Crippen molar-refractivity contribution in [1.29, 1.82) is 0 Å². The number of aliphatic hydroxyl groups excluding tert-OH is 1. The molecule has 2 bridgehead atoms. The van der Waals surface area contributed by atoms with Crippen molar-refractivity contribution >= 4 is 35.0 Å². The fourth-order valence-corrected chi connectivity index (χ4v) is 7.40. The van der Waals surface area contributed by atoms with Crippen LogP contribution in [0.2, 0.25) is 5.02 Å². The number of nitrogens with zero attached hydrogens (tertiary/aromatic N) is 3. The average Bonchev–Trinajstić information content (AvgIpc) is 3.44. The van der Waals surface area contributed by atoms with Gasteiger partial charge in [0.15, 0.2) is 0 Å². The number of anilines is 1. The monoisotopic (exact) mass is 571 g/mol. The molecule has 0 saturated carbocycles. The lowest BCUT2D eigenvalue weighted by Gasteiger charge is -2.39. The first-order valence-corrected chi connectivity index (χ1v) is 14.6. The molecule has 1 aromatic rings. The maximum atomic E-state index is 14.6. The van der Waals surface area contributed by atoms with Crippen LogP contribution in [-0.4, -0.2) is 82.2 Å². The van der Waals surface area contributed by atoms with Gasteiger partial charge < -0.3 is 24.5 Å². The second-order valence-corrected chi connectivity index (χ2v) is 11.9. The lowest BCUT2D eigenvalue weighted by molar-refractivity contribution is -0.153. The normalized spacial score (nSPS) is 31.1. The zero-order valence-electron chi connectivity index (χ0n) is 24.0. The van der Waals surface area contributed by atoms with Gasteiger partial charge in [0.25, 0.3) is 5.91 Å². The summed E-state index contributed by atoms with van der Waals surface area (Å²) in [6.07, 6.45) is 4.98. The molecule has 3 fully saturated rings. The Kier molecular flexibility index (Phi) is 8.83. The maximum Gasteiger partial charge on any atom is 0.253 e. The summed E-state index contributed by atoms with van der Waals surface area (Å²) in [6, 6.07) is 5.31. The number of hydrogen-bond donors (Lipinski definition) is 1. The van der Waals surface area contributed by atoms with Crippen molar-refractivity contribution in [3.63, 3.8) is 0 Å². The number of fused-ring (bicyclic) bond motifs is 1. The van der Waals surface area contributed by atoms with Gasteiger partial charge in [0.05, 0.1) is 30.1 Å². The van der Waals surface area contributed by atoms with Crippen LogP contribution in [0, 0.1) is 17.8 Å². The molecule has 218 valence electrons. The maximum absolute atomic E-state index is 14.6. The Morgan fingerprint density at radius 2 is 1.85 bits per heavy atom. The van der Waals surface area contributed by atoms with E-state index in [0.717, 1.165) is 6.42 Å². The molecule has 9 heteroatoms. The van der Waals surface area contributed by atoms with E-state index in [1.165, 1.54) is 4.90 Å². The van der Waals surface area contributed by atoms with E-state index >= 15 is 0 Å². The van der Waals surface area contributed by atoms with E-state index in [4.69, 9.17) is 16.3 Å². The SMILES string of the molecule is C=CCN(CCC)C(=O)[C@@H]1[C@H]2C(=O)N([C@@H](CC)CO)C(C(=O)N(CC=C)c3ccc(Cl)cc3)C23CC(C)[C@@]1(C)O3. The molecule has 3 aliphatic rings. The van der Waals surface area contributed by atoms with Crippen molar-refractivity contribution < 1.29 is 24.2 Å². The summed E-state index contributed by atoms with van der Waals surface area (Å²) in [7, 11) is 0. The Labute approximate surface area is 242 Å². The van der Waals surface area contributed by atoms with Gasteiger partial charge in [-0.1, -0.05) is 44.5 Å². The summed E-state index contributed by atoms with van der Waals surface area (Å²) in [6.45, 7) is 16.3. The molecule has 3 heterocycles. The Morgan fingerprint density at radius 1 is 1.20 bits per heavy atom. The third-order valence-corrected chi connectivity index (χ3v) is 9.45. The summed E-state index contributed by atoms with van der Waals surface area (Å²) < 4.78 is 6.87. The highest BCUT2D eigenvalue weighted by atomic mass is 35.5. The van der Waals surface area contributed by atoms with Gasteiger partial charge in [-0.15, -0.1) is 13.2 Å². The molecule has 0 aromatic heterocycles. The third-order valence-electron chi connectivity index (χ3n) is 9.20. The van der Waals surface area contributed by atoms with E-state index in [2.05, 4.69) is 13.2 Å². The first-order valence-electron chi connectivity index (χ1n) is 14.3. The smallest absolute Gasteiger partial charge is 0.253 e. The standard InChI is InChI=1S/C31H42ClN3O5/c1-7-15-33(16-8-2)27(37)24-25-28(38)35(22(10-4)19-36)26(31(25)18-20(5)30(24,6)40-31)29(39)34(17-9-3)23-13-11-21(32)12-14-23/h7,9,11-14,20,22,24-26,36H,1,3,8,10,15-19H2,2,4-6H3/t20?,22-,24-,25-,26?,30+,31?/m0/s1. The number of hydrogen-bond acceptors (Lipinski definition) is 5. The van der Waals surface area contributed by atoms with Crippen LogP contribution in [0.5, 0.6) is 0 Å². The summed E-state index contributed by atoms with van der Waals surface area (Å²) in [5, 5.41) is 10.9. The summed E-state index contributed by atoms with van der Waals surface area (Å²) in [4.78, 5) is 48.1. The van der Waals surface area contributed by atoms with Crippen LogP contribution in [0.1, 0.15) is 47.0 Å². The minimum absolute atomic E-state index is 0.0782. The fraction of sp³-hybridized carbons (Fsp3) is 0.581. The quantitative estimate of drug-likeness (QED) is 0.382. The Hall–Kier alpha value is -2.68. The molecular weight excluding hydrogens is 530 g/mol. The highest BCUT2D eigenvalue weighted by molar-refractivity contribution is 6.30. The number of carbonyl (C=O) groups is 3. The summed E-state index contributed by atoms with van der Waals surface area (Å²) >= 11 is 6.13. The molecule has 0 aliphatic carbocycles. The molecule has 7 atom stereocenters. The van der Waals surface area contributed by atoms with Crippen LogP contribution in [0.4, 0.5) is 5.69 Å².